The molecule has 0 saturated carbocycles. The average molecular weight is 639 g/mol. The molecular formula is C46H30N4. The van der Waals surface area contributed by atoms with E-state index in [2.05, 4.69) is 149 Å². The Morgan fingerprint density at radius 3 is 1.68 bits per heavy atom. The summed E-state index contributed by atoms with van der Waals surface area (Å²) in [6.07, 6.45) is 10.4. The average Bonchev–Trinajstić information content (AvgIpc) is 3.68. The maximum atomic E-state index is 10.3. The second kappa shape index (κ2) is 12.0. The van der Waals surface area contributed by atoms with E-state index in [1.54, 1.807) is 0 Å². The van der Waals surface area contributed by atoms with Crippen molar-refractivity contribution in [1.29, 1.82) is 10.5 Å². The largest absolute Gasteiger partial charge is 0.309 e. The van der Waals surface area contributed by atoms with Crippen LogP contribution in [-0.2, 0) is 0 Å². The minimum atomic E-state index is 0.587. The lowest BCUT2D eigenvalue weighted by Crippen LogP contribution is -2.00. The van der Waals surface area contributed by atoms with Gasteiger partial charge in [0.15, 0.2) is 0 Å². The highest BCUT2D eigenvalue weighted by Crippen LogP contribution is 2.39. The first-order chi connectivity index (χ1) is 24.7. The fourth-order valence-corrected chi connectivity index (χ4v) is 7.63. The van der Waals surface area contributed by atoms with Crippen LogP contribution >= 0.6 is 0 Å². The van der Waals surface area contributed by atoms with Gasteiger partial charge in [-0.05, 0) is 96.3 Å². The first-order valence-electron chi connectivity index (χ1n) is 16.9. The number of fused-ring (bicyclic) bond motifs is 6. The van der Waals surface area contributed by atoms with Crippen molar-refractivity contribution in [3.63, 3.8) is 0 Å². The number of allylic oxidation sites excluding steroid dienone is 6. The van der Waals surface area contributed by atoms with Gasteiger partial charge in [-0.1, -0.05) is 91.0 Å². The molecule has 1 aliphatic rings. The Labute approximate surface area is 290 Å². The van der Waals surface area contributed by atoms with E-state index in [0.29, 0.717) is 11.1 Å². The third-order valence-corrected chi connectivity index (χ3v) is 9.91. The van der Waals surface area contributed by atoms with Crippen LogP contribution < -0.4 is 0 Å². The minimum absolute atomic E-state index is 0.587. The molecule has 2 heterocycles. The molecule has 0 amide bonds. The van der Waals surface area contributed by atoms with Crippen LogP contribution in [0.3, 0.4) is 0 Å². The molecule has 234 valence electrons. The molecule has 0 fully saturated rings. The Hall–Kier alpha value is -6.88. The van der Waals surface area contributed by atoms with E-state index in [-0.39, 0.29) is 0 Å². The lowest BCUT2D eigenvalue weighted by atomic mass is 9.90. The van der Waals surface area contributed by atoms with Crippen molar-refractivity contribution in [1.82, 2.24) is 9.13 Å². The number of rotatable bonds is 4. The van der Waals surface area contributed by atoms with Gasteiger partial charge in [0.2, 0.25) is 0 Å². The van der Waals surface area contributed by atoms with E-state index in [0.717, 1.165) is 68.6 Å². The third kappa shape index (κ3) is 4.66. The molecule has 9 rings (SSSR count). The standard InChI is InChI=1S/C46H30N4/c47-29-31-21-26-46(50-44-19-9-5-15-38(44)39-16-6-10-20-45(39)50)41(27-31)33-22-23-34(30-48)40(28-33)32-11-1-2-12-35(25-24-32)49-42-17-7-3-13-36(42)37-14-4-8-18-43(37)49/h2-10,12-28H,1,11H2/b12-2-,32-24+,35-25+. The maximum absolute atomic E-state index is 10.3. The smallest absolute Gasteiger partial charge is 0.0998 e. The molecule has 0 aliphatic heterocycles. The van der Waals surface area contributed by atoms with Gasteiger partial charge in [0.1, 0.15) is 0 Å². The van der Waals surface area contributed by atoms with Crippen molar-refractivity contribution in [2.45, 2.75) is 12.8 Å². The third-order valence-electron chi connectivity index (χ3n) is 9.91. The lowest BCUT2D eigenvalue weighted by Gasteiger charge is -2.17. The van der Waals surface area contributed by atoms with Crippen LogP contribution in [0.4, 0.5) is 0 Å². The number of para-hydroxylation sites is 4. The molecule has 4 heteroatoms. The van der Waals surface area contributed by atoms with Crippen LogP contribution in [0.2, 0.25) is 0 Å². The molecule has 0 N–H and O–H groups in total. The highest BCUT2D eigenvalue weighted by atomic mass is 15.0. The van der Waals surface area contributed by atoms with E-state index in [1.165, 1.54) is 21.5 Å². The number of nitriles is 2. The molecule has 8 aromatic rings. The molecule has 0 radical (unpaired) electrons. The van der Waals surface area contributed by atoms with Crippen molar-refractivity contribution in [3.05, 3.63) is 174 Å². The first kappa shape index (κ1) is 29.3. The Morgan fingerprint density at radius 2 is 1.10 bits per heavy atom. The van der Waals surface area contributed by atoms with E-state index in [4.69, 9.17) is 0 Å². The summed E-state index contributed by atoms with van der Waals surface area (Å²) in [6.45, 7) is 0. The van der Waals surface area contributed by atoms with Gasteiger partial charge in [-0.2, -0.15) is 10.5 Å². The number of aromatic nitrogens is 2. The summed E-state index contributed by atoms with van der Waals surface area (Å²) in [5.41, 5.74) is 11.7. The SMILES string of the molecule is N#Cc1ccc(-n2c3ccccc3c3ccccc32)c(-c2ccc(C#N)c(/C3=C/C=C(n4c5ccccc5c5ccccc54)\C=C/CC3)c2)c1. The van der Waals surface area contributed by atoms with Crippen molar-refractivity contribution < 1.29 is 0 Å². The van der Waals surface area contributed by atoms with E-state index >= 15 is 0 Å². The Kier molecular flexibility index (Phi) is 7.01. The number of hydrogen-bond acceptors (Lipinski definition) is 2. The predicted octanol–water partition coefficient (Wildman–Crippen LogP) is 11.6. The molecule has 0 unspecified atom stereocenters. The summed E-state index contributed by atoms with van der Waals surface area (Å²) < 4.78 is 4.62. The Bertz CT molecular complexity index is 2730. The summed E-state index contributed by atoms with van der Waals surface area (Å²) >= 11 is 0. The van der Waals surface area contributed by atoms with Crippen LogP contribution in [0.5, 0.6) is 0 Å². The van der Waals surface area contributed by atoms with Gasteiger partial charge in [0.05, 0.1) is 51.0 Å². The van der Waals surface area contributed by atoms with Gasteiger partial charge in [-0.3, -0.25) is 0 Å². The molecule has 50 heavy (non-hydrogen) atoms. The van der Waals surface area contributed by atoms with Gasteiger partial charge >= 0.3 is 0 Å². The summed E-state index contributed by atoms with van der Waals surface area (Å²) in [5, 5.41) is 25.1. The van der Waals surface area contributed by atoms with Crippen LogP contribution in [0.25, 0.3) is 71.7 Å². The predicted molar refractivity (Wildman–Crippen MR) is 206 cm³/mol. The molecule has 4 nitrogen and oxygen atoms in total. The summed E-state index contributed by atoms with van der Waals surface area (Å²) in [5.74, 6) is 0. The van der Waals surface area contributed by atoms with Crippen molar-refractivity contribution in [2.24, 2.45) is 0 Å². The number of hydrogen-bond donors (Lipinski definition) is 0. The highest BCUT2D eigenvalue weighted by molar-refractivity contribution is 6.11. The molecule has 0 atom stereocenters. The van der Waals surface area contributed by atoms with Crippen molar-refractivity contribution in [2.75, 3.05) is 0 Å². The molecule has 6 aromatic carbocycles. The summed E-state index contributed by atoms with van der Waals surface area (Å²) in [6, 6.07) is 50.8. The van der Waals surface area contributed by atoms with Gasteiger partial charge in [-0.15, -0.1) is 0 Å². The second-order valence-corrected chi connectivity index (χ2v) is 12.7. The molecule has 0 saturated heterocycles. The van der Waals surface area contributed by atoms with Crippen LogP contribution in [0, 0.1) is 22.7 Å². The zero-order valence-corrected chi connectivity index (χ0v) is 27.2. The maximum Gasteiger partial charge on any atom is 0.0998 e. The monoisotopic (exact) mass is 638 g/mol. The van der Waals surface area contributed by atoms with Gasteiger partial charge in [0.25, 0.3) is 0 Å². The van der Waals surface area contributed by atoms with Gasteiger partial charge in [0, 0.05) is 32.8 Å². The zero-order chi connectivity index (χ0) is 33.6. The molecular weight excluding hydrogens is 609 g/mol. The quantitative estimate of drug-likeness (QED) is 0.193. The molecule has 1 aliphatic carbocycles. The normalized spacial score (nSPS) is 15.9. The Morgan fingerprint density at radius 1 is 0.520 bits per heavy atom. The number of benzene rings is 6. The number of nitrogens with zero attached hydrogens (tertiary/aromatic N) is 4. The minimum Gasteiger partial charge on any atom is -0.309 e. The molecule has 0 spiro atoms. The first-order valence-corrected chi connectivity index (χ1v) is 16.9. The van der Waals surface area contributed by atoms with Crippen LogP contribution in [0.15, 0.2) is 158 Å². The van der Waals surface area contributed by atoms with Gasteiger partial charge < -0.3 is 9.13 Å². The van der Waals surface area contributed by atoms with E-state index in [1.807, 2.05) is 30.3 Å². The van der Waals surface area contributed by atoms with Crippen molar-refractivity contribution >= 4 is 54.9 Å². The van der Waals surface area contributed by atoms with Crippen LogP contribution in [0.1, 0.15) is 29.5 Å². The lowest BCUT2D eigenvalue weighted by molar-refractivity contribution is 1.06. The topological polar surface area (TPSA) is 57.4 Å². The van der Waals surface area contributed by atoms with Crippen LogP contribution in [-0.4, -0.2) is 9.13 Å². The highest BCUT2D eigenvalue weighted by Gasteiger charge is 2.18. The van der Waals surface area contributed by atoms with E-state index in [9.17, 15) is 10.5 Å². The Balaban J connectivity index is 1.23. The second-order valence-electron chi connectivity index (χ2n) is 12.7. The van der Waals surface area contributed by atoms with E-state index < -0.39 is 0 Å². The fourth-order valence-electron chi connectivity index (χ4n) is 7.63. The molecule has 0 bridgehead atoms. The zero-order valence-electron chi connectivity index (χ0n) is 27.2. The van der Waals surface area contributed by atoms with Gasteiger partial charge in [-0.25, -0.2) is 0 Å². The summed E-state index contributed by atoms with van der Waals surface area (Å²) in [7, 11) is 0. The summed E-state index contributed by atoms with van der Waals surface area (Å²) in [4.78, 5) is 0. The van der Waals surface area contributed by atoms with Crippen molar-refractivity contribution in [3.8, 4) is 29.0 Å². The molecule has 2 aromatic heterocycles. The fraction of sp³-hybridized carbons (Fsp3) is 0.0435.